The Hall–Kier alpha value is -2.47. The van der Waals surface area contributed by atoms with Crippen LogP contribution in [0.25, 0.3) is 11.4 Å². The third-order valence-electron chi connectivity index (χ3n) is 3.56. The highest BCUT2D eigenvalue weighted by Crippen LogP contribution is 2.18. The maximum Gasteiger partial charge on any atom is 0.261 e. The zero-order valence-electron chi connectivity index (χ0n) is 13.1. The lowest BCUT2D eigenvalue weighted by molar-refractivity contribution is 0.0956. The van der Waals surface area contributed by atoms with Crippen molar-refractivity contribution in [3.05, 3.63) is 58.3 Å². The van der Waals surface area contributed by atoms with Gasteiger partial charge in [0.25, 0.3) is 5.91 Å². The number of hydrogen-bond donors (Lipinski definition) is 1. The van der Waals surface area contributed by atoms with E-state index in [0.29, 0.717) is 13.1 Å². The third kappa shape index (κ3) is 3.48. The molecule has 1 N–H and O–H groups in total. The number of pyridine rings is 1. The fraction of sp³-hybridized carbons (Fsp3) is 0.235. The van der Waals surface area contributed by atoms with Crippen molar-refractivity contribution >= 4 is 17.2 Å². The number of aryl methyl sites for hydroxylation is 2. The van der Waals surface area contributed by atoms with Gasteiger partial charge in [-0.3, -0.25) is 9.78 Å². The van der Waals surface area contributed by atoms with E-state index in [1.54, 1.807) is 12.4 Å². The largest absolute Gasteiger partial charge is 0.350 e. The number of carbonyl (C=O) groups is 1. The minimum Gasteiger partial charge on any atom is -0.350 e. The van der Waals surface area contributed by atoms with E-state index in [-0.39, 0.29) is 5.91 Å². The molecule has 0 radical (unpaired) electrons. The predicted octanol–water partition coefficient (Wildman–Crippen LogP) is 3.05. The number of rotatable bonds is 5. The lowest BCUT2D eigenvalue weighted by Gasteiger charge is -2.10. The topological polar surface area (TPSA) is 59.8 Å². The summed E-state index contributed by atoms with van der Waals surface area (Å²) in [5.41, 5.74) is 2.03. The van der Waals surface area contributed by atoms with Crippen molar-refractivity contribution in [1.82, 2.24) is 19.9 Å². The fourth-order valence-corrected chi connectivity index (χ4v) is 3.18. The molecule has 0 fully saturated rings. The summed E-state index contributed by atoms with van der Waals surface area (Å²) in [7, 11) is 0. The highest BCUT2D eigenvalue weighted by Gasteiger charge is 2.11. The lowest BCUT2D eigenvalue weighted by Crippen LogP contribution is -2.27. The lowest BCUT2D eigenvalue weighted by atomic mass is 10.2. The number of thiophene rings is 1. The molecule has 0 aromatic carbocycles. The molecule has 0 bridgehead atoms. The van der Waals surface area contributed by atoms with Crippen molar-refractivity contribution < 1.29 is 4.79 Å². The van der Waals surface area contributed by atoms with E-state index in [0.717, 1.165) is 26.8 Å². The summed E-state index contributed by atoms with van der Waals surface area (Å²) in [5, 5.41) is 2.96. The van der Waals surface area contributed by atoms with Gasteiger partial charge in [0, 0.05) is 47.8 Å². The van der Waals surface area contributed by atoms with E-state index in [1.807, 2.05) is 44.3 Å². The van der Waals surface area contributed by atoms with Crippen molar-refractivity contribution in [2.45, 2.75) is 20.4 Å². The van der Waals surface area contributed by atoms with Gasteiger partial charge in [0.1, 0.15) is 5.82 Å². The van der Waals surface area contributed by atoms with Crippen LogP contribution >= 0.6 is 11.3 Å². The predicted molar refractivity (Wildman–Crippen MR) is 91.6 cm³/mol. The zero-order valence-corrected chi connectivity index (χ0v) is 13.9. The van der Waals surface area contributed by atoms with Crippen LogP contribution in [0, 0.1) is 13.8 Å². The van der Waals surface area contributed by atoms with E-state index < -0.39 is 0 Å². The molecule has 0 atom stereocenters. The Morgan fingerprint density at radius 2 is 2.13 bits per heavy atom. The smallest absolute Gasteiger partial charge is 0.261 e. The molecule has 5 nitrogen and oxygen atoms in total. The number of imidazole rings is 1. The first kappa shape index (κ1) is 15.4. The van der Waals surface area contributed by atoms with Crippen LogP contribution in [-0.2, 0) is 6.54 Å². The van der Waals surface area contributed by atoms with E-state index >= 15 is 0 Å². The Kier molecular flexibility index (Phi) is 4.52. The normalized spacial score (nSPS) is 10.7. The molecule has 0 spiro atoms. The summed E-state index contributed by atoms with van der Waals surface area (Å²) in [6.45, 7) is 5.24. The van der Waals surface area contributed by atoms with Crippen molar-refractivity contribution in [2.75, 3.05) is 6.54 Å². The number of nitrogens with zero attached hydrogens (tertiary/aromatic N) is 3. The van der Waals surface area contributed by atoms with Gasteiger partial charge in [-0.2, -0.15) is 0 Å². The number of aromatic nitrogens is 3. The summed E-state index contributed by atoms with van der Waals surface area (Å²) in [4.78, 5) is 22.6. The Bertz CT molecular complexity index is 807. The van der Waals surface area contributed by atoms with Crippen molar-refractivity contribution in [3.8, 4) is 11.4 Å². The second kappa shape index (κ2) is 6.75. The molecule has 3 rings (SSSR count). The average Bonchev–Trinajstić information content (AvgIpc) is 3.15. The molecule has 1 amide bonds. The average molecular weight is 326 g/mol. The minimum absolute atomic E-state index is 0.0243. The van der Waals surface area contributed by atoms with Crippen LogP contribution in [0.15, 0.2) is 42.9 Å². The van der Waals surface area contributed by atoms with E-state index in [9.17, 15) is 4.79 Å². The van der Waals surface area contributed by atoms with Gasteiger partial charge in [-0.1, -0.05) is 0 Å². The molecule has 23 heavy (non-hydrogen) atoms. The van der Waals surface area contributed by atoms with Crippen LogP contribution in [-0.4, -0.2) is 27.0 Å². The molecule has 3 heterocycles. The van der Waals surface area contributed by atoms with Crippen LogP contribution < -0.4 is 5.32 Å². The maximum absolute atomic E-state index is 12.1. The summed E-state index contributed by atoms with van der Waals surface area (Å²) in [6, 6.07) is 7.70. The molecule has 3 aromatic rings. The van der Waals surface area contributed by atoms with Crippen LogP contribution in [0.5, 0.6) is 0 Å². The highest BCUT2D eigenvalue weighted by molar-refractivity contribution is 7.13. The highest BCUT2D eigenvalue weighted by atomic mass is 32.1. The van der Waals surface area contributed by atoms with E-state index in [4.69, 9.17) is 0 Å². The molecule has 0 saturated heterocycles. The molecule has 0 saturated carbocycles. The molecule has 0 aliphatic carbocycles. The monoisotopic (exact) mass is 326 g/mol. The first-order valence-corrected chi connectivity index (χ1v) is 8.24. The van der Waals surface area contributed by atoms with Gasteiger partial charge in [0.05, 0.1) is 4.88 Å². The van der Waals surface area contributed by atoms with Crippen LogP contribution in [0.3, 0.4) is 0 Å². The van der Waals surface area contributed by atoms with Crippen molar-refractivity contribution in [2.24, 2.45) is 0 Å². The van der Waals surface area contributed by atoms with Gasteiger partial charge in [-0.05, 0) is 38.1 Å². The molecule has 0 aliphatic rings. The first-order chi connectivity index (χ1) is 11.1. The fourth-order valence-electron chi connectivity index (χ4n) is 2.39. The SMILES string of the molecule is Cc1ccc(C(=O)NCCn2c(C)cnc2-c2cccnc2)s1. The van der Waals surface area contributed by atoms with Crippen molar-refractivity contribution in [3.63, 3.8) is 0 Å². The number of nitrogens with one attached hydrogen (secondary N) is 1. The van der Waals surface area contributed by atoms with Gasteiger partial charge in [-0.15, -0.1) is 11.3 Å². The van der Waals surface area contributed by atoms with Gasteiger partial charge in [-0.25, -0.2) is 4.98 Å². The maximum atomic E-state index is 12.1. The Morgan fingerprint density at radius 3 is 2.83 bits per heavy atom. The van der Waals surface area contributed by atoms with Gasteiger partial charge in [0.15, 0.2) is 0 Å². The summed E-state index contributed by atoms with van der Waals surface area (Å²) in [6.07, 6.45) is 5.38. The van der Waals surface area contributed by atoms with Crippen LogP contribution in [0.2, 0.25) is 0 Å². The van der Waals surface area contributed by atoms with Crippen molar-refractivity contribution in [1.29, 1.82) is 0 Å². The van der Waals surface area contributed by atoms with Gasteiger partial charge < -0.3 is 9.88 Å². The Balaban J connectivity index is 1.67. The minimum atomic E-state index is -0.0243. The number of carbonyl (C=O) groups excluding carboxylic acids is 1. The Labute approximate surface area is 139 Å². The quantitative estimate of drug-likeness (QED) is 0.784. The van der Waals surface area contributed by atoms with Crippen LogP contribution in [0.4, 0.5) is 0 Å². The van der Waals surface area contributed by atoms with E-state index in [2.05, 4.69) is 19.9 Å². The van der Waals surface area contributed by atoms with E-state index in [1.165, 1.54) is 11.3 Å². The Morgan fingerprint density at radius 1 is 1.26 bits per heavy atom. The molecule has 0 aliphatic heterocycles. The number of hydrogen-bond acceptors (Lipinski definition) is 4. The summed E-state index contributed by atoms with van der Waals surface area (Å²) in [5.74, 6) is 0.848. The first-order valence-electron chi connectivity index (χ1n) is 7.42. The molecule has 6 heteroatoms. The number of amides is 1. The van der Waals surface area contributed by atoms with Gasteiger partial charge >= 0.3 is 0 Å². The molecule has 118 valence electrons. The second-order valence-corrected chi connectivity index (χ2v) is 6.57. The van der Waals surface area contributed by atoms with Crippen LogP contribution in [0.1, 0.15) is 20.2 Å². The summed E-state index contributed by atoms with van der Waals surface area (Å²) >= 11 is 1.51. The second-order valence-electron chi connectivity index (χ2n) is 5.28. The molecular formula is C17H18N4OS. The zero-order chi connectivity index (χ0) is 16.2. The third-order valence-corrected chi connectivity index (χ3v) is 4.56. The van der Waals surface area contributed by atoms with Gasteiger partial charge in [0.2, 0.25) is 0 Å². The molecular weight excluding hydrogens is 308 g/mol. The molecule has 0 unspecified atom stereocenters. The summed E-state index contributed by atoms with van der Waals surface area (Å²) < 4.78 is 2.09. The standard InChI is InChI=1S/C17H18N4OS/c1-12-10-20-16(14-4-3-7-18-11-14)21(12)9-8-19-17(22)15-6-5-13(2)23-15/h3-7,10-11H,8-9H2,1-2H3,(H,19,22). The molecule has 3 aromatic heterocycles.